The van der Waals surface area contributed by atoms with Crippen molar-refractivity contribution in [1.82, 2.24) is 14.8 Å². The van der Waals surface area contributed by atoms with Crippen molar-refractivity contribution in [2.75, 3.05) is 17.6 Å². The highest BCUT2D eigenvalue weighted by Gasteiger charge is 1.99. The highest BCUT2D eigenvalue weighted by molar-refractivity contribution is 5.48. The molecular formula is C12H17N5. The Bertz CT molecular complexity index is 503. The summed E-state index contributed by atoms with van der Waals surface area (Å²) < 4.78 is 1.81. The van der Waals surface area contributed by atoms with E-state index in [9.17, 15) is 0 Å². The first-order valence-electron chi connectivity index (χ1n) is 5.60. The minimum absolute atomic E-state index is 0.722. The molecule has 0 saturated heterocycles. The van der Waals surface area contributed by atoms with E-state index >= 15 is 0 Å². The van der Waals surface area contributed by atoms with Crippen LogP contribution in [0.4, 0.5) is 11.5 Å². The first-order chi connectivity index (χ1) is 8.15. The lowest BCUT2D eigenvalue weighted by molar-refractivity contribution is 0.742. The Morgan fingerprint density at radius 1 is 1.35 bits per heavy atom. The van der Waals surface area contributed by atoms with Crippen LogP contribution in [0.2, 0.25) is 0 Å². The zero-order chi connectivity index (χ0) is 12.3. The average molecular weight is 231 g/mol. The van der Waals surface area contributed by atoms with E-state index in [0.717, 1.165) is 35.9 Å². The topological polar surface area (TPSA) is 68.8 Å². The van der Waals surface area contributed by atoms with E-state index in [4.69, 9.17) is 5.73 Å². The molecule has 0 radical (unpaired) electrons. The minimum atomic E-state index is 0.722. The van der Waals surface area contributed by atoms with Gasteiger partial charge in [0.1, 0.15) is 5.82 Å². The fourth-order valence-electron chi connectivity index (χ4n) is 1.59. The van der Waals surface area contributed by atoms with Crippen LogP contribution in [-0.2, 0) is 13.5 Å². The Morgan fingerprint density at radius 3 is 2.82 bits per heavy atom. The quantitative estimate of drug-likeness (QED) is 0.833. The molecule has 2 aromatic rings. The van der Waals surface area contributed by atoms with Crippen LogP contribution in [-0.4, -0.2) is 21.3 Å². The maximum atomic E-state index is 5.71. The normalized spacial score (nSPS) is 10.5. The third-order valence-electron chi connectivity index (χ3n) is 2.58. The lowest BCUT2D eigenvalue weighted by atomic mass is 10.3. The predicted molar refractivity (Wildman–Crippen MR) is 68.8 cm³/mol. The van der Waals surface area contributed by atoms with E-state index in [1.807, 2.05) is 38.4 Å². The van der Waals surface area contributed by atoms with Crippen molar-refractivity contribution in [2.24, 2.45) is 7.05 Å². The number of nitrogens with two attached hydrogens (primary N) is 1. The maximum Gasteiger partial charge on any atom is 0.126 e. The first-order valence-corrected chi connectivity index (χ1v) is 5.60. The second kappa shape index (κ2) is 4.86. The van der Waals surface area contributed by atoms with Gasteiger partial charge in [0.2, 0.25) is 0 Å². The van der Waals surface area contributed by atoms with Gasteiger partial charge in [0, 0.05) is 26.2 Å². The van der Waals surface area contributed by atoms with Crippen LogP contribution in [0.15, 0.2) is 24.4 Å². The van der Waals surface area contributed by atoms with Crippen molar-refractivity contribution in [3.05, 3.63) is 35.8 Å². The summed E-state index contributed by atoms with van der Waals surface area (Å²) >= 11 is 0. The third kappa shape index (κ3) is 2.96. The van der Waals surface area contributed by atoms with Crippen LogP contribution < -0.4 is 11.1 Å². The molecule has 0 atom stereocenters. The third-order valence-corrected chi connectivity index (χ3v) is 2.58. The molecule has 0 aliphatic carbocycles. The molecule has 5 heteroatoms. The number of hydrogen-bond acceptors (Lipinski definition) is 4. The molecule has 3 N–H and O–H groups in total. The number of rotatable bonds is 4. The first kappa shape index (κ1) is 11.4. The number of pyridine rings is 1. The van der Waals surface area contributed by atoms with Crippen molar-refractivity contribution in [2.45, 2.75) is 13.3 Å². The molecule has 0 aliphatic heterocycles. The van der Waals surface area contributed by atoms with Crippen LogP contribution in [0.1, 0.15) is 11.4 Å². The van der Waals surface area contributed by atoms with E-state index in [1.165, 1.54) is 0 Å². The van der Waals surface area contributed by atoms with E-state index in [0.29, 0.717) is 0 Å². The monoisotopic (exact) mass is 231 g/mol. The minimum Gasteiger partial charge on any atom is -0.397 e. The second-order valence-electron chi connectivity index (χ2n) is 4.03. The zero-order valence-electron chi connectivity index (χ0n) is 10.1. The van der Waals surface area contributed by atoms with E-state index in [1.54, 1.807) is 4.68 Å². The number of aromatic nitrogens is 3. The zero-order valence-corrected chi connectivity index (χ0v) is 10.1. The molecule has 90 valence electrons. The van der Waals surface area contributed by atoms with Crippen LogP contribution in [0.5, 0.6) is 0 Å². The lowest BCUT2D eigenvalue weighted by Crippen LogP contribution is -2.08. The molecule has 0 unspecified atom stereocenters. The molecule has 0 aromatic carbocycles. The molecule has 0 amide bonds. The van der Waals surface area contributed by atoms with Gasteiger partial charge in [-0.2, -0.15) is 5.10 Å². The molecule has 0 bridgehead atoms. The molecule has 0 fully saturated rings. The highest BCUT2D eigenvalue weighted by Crippen LogP contribution is 2.11. The molecule has 0 aliphatic rings. The molecular weight excluding hydrogens is 214 g/mol. The van der Waals surface area contributed by atoms with Crippen molar-refractivity contribution in [3.8, 4) is 0 Å². The fraction of sp³-hybridized carbons (Fsp3) is 0.333. The Kier molecular flexibility index (Phi) is 3.27. The predicted octanol–water partition coefficient (Wildman–Crippen LogP) is 1.36. The van der Waals surface area contributed by atoms with Gasteiger partial charge in [0.05, 0.1) is 17.1 Å². The molecule has 0 saturated carbocycles. The van der Waals surface area contributed by atoms with Gasteiger partial charge in [0.15, 0.2) is 0 Å². The summed E-state index contributed by atoms with van der Waals surface area (Å²) in [5, 5.41) is 7.56. The fourth-order valence-corrected chi connectivity index (χ4v) is 1.59. The Morgan fingerprint density at radius 2 is 2.18 bits per heavy atom. The van der Waals surface area contributed by atoms with Crippen molar-refractivity contribution in [1.29, 1.82) is 0 Å². The summed E-state index contributed by atoms with van der Waals surface area (Å²) in [5.74, 6) is 0.854. The average Bonchev–Trinajstić information content (AvgIpc) is 2.70. The standard InChI is InChI=1S/C12H17N5/c1-9-11(13)3-4-12(15-9)14-7-5-10-6-8-17(2)16-10/h3-4,6,8H,5,7,13H2,1-2H3,(H,14,15). The van der Waals surface area contributed by atoms with Crippen LogP contribution >= 0.6 is 0 Å². The Balaban J connectivity index is 1.87. The Labute approximate surface area is 101 Å². The molecule has 2 aromatic heterocycles. The smallest absolute Gasteiger partial charge is 0.126 e. The van der Waals surface area contributed by atoms with Gasteiger partial charge in [-0.3, -0.25) is 4.68 Å². The summed E-state index contributed by atoms with van der Waals surface area (Å²) in [7, 11) is 1.92. The summed E-state index contributed by atoms with van der Waals surface area (Å²) in [4.78, 5) is 4.35. The van der Waals surface area contributed by atoms with Gasteiger partial charge in [-0.25, -0.2) is 4.98 Å². The van der Waals surface area contributed by atoms with E-state index in [-0.39, 0.29) is 0 Å². The summed E-state index contributed by atoms with van der Waals surface area (Å²) in [6.45, 7) is 2.71. The number of nitrogens with zero attached hydrogens (tertiary/aromatic N) is 3. The molecule has 5 nitrogen and oxygen atoms in total. The van der Waals surface area contributed by atoms with E-state index < -0.39 is 0 Å². The van der Waals surface area contributed by atoms with Crippen molar-refractivity contribution < 1.29 is 0 Å². The summed E-state index contributed by atoms with van der Waals surface area (Å²) in [5.41, 5.74) is 8.36. The van der Waals surface area contributed by atoms with Gasteiger partial charge < -0.3 is 11.1 Å². The molecule has 0 spiro atoms. The van der Waals surface area contributed by atoms with Crippen LogP contribution in [0.25, 0.3) is 0 Å². The number of nitrogen functional groups attached to an aromatic ring is 1. The Hall–Kier alpha value is -2.04. The van der Waals surface area contributed by atoms with Gasteiger partial charge in [-0.1, -0.05) is 0 Å². The molecule has 2 heterocycles. The molecule has 17 heavy (non-hydrogen) atoms. The second-order valence-corrected chi connectivity index (χ2v) is 4.03. The maximum absolute atomic E-state index is 5.71. The van der Waals surface area contributed by atoms with Crippen LogP contribution in [0, 0.1) is 6.92 Å². The summed E-state index contributed by atoms with van der Waals surface area (Å²) in [6, 6.07) is 5.77. The van der Waals surface area contributed by atoms with Gasteiger partial charge in [0.25, 0.3) is 0 Å². The van der Waals surface area contributed by atoms with E-state index in [2.05, 4.69) is 15.4 Å². The van der Waals surface area contributed by atoms with Gasteiger partial charge in [-0.15, -0.1) is 0 Å². The van der Waals surface area contributed by atoms with Crippen LogP contribution in [0.3, 0.4) is 0 Å². The van der Waals surface area contributed by atoms with Crippen molar-refractivity contribution >= 4 is 11.5 Å². The van der Waals surface area contributed by atoms with Gasteiger partial charge >= 0.3 is 0 Å². The number of nitrogens with one attached hydrogen (secondary N) is 1. The highest BCUT2D eigenvalue weighted by atomic mass is 15.2. The number of hydrogen-bond donors (Lipinski definition) is 2. The molecule has 2 rings (SSSR count). The van der Waals surface area contributed by atoms with Crippen molar-refractivity contribution in [3.63, 3.8) is 0 Å². The number of aryl methyl sites for hydroxylation is 2. The number of anilines is 2. The lowest BCUT2D eigenvalue weighted by Gasteiger charge is -2.06. The summed E-state index contributed by atoms with van der Waals surface area (Å²) in [6.07, 6.45) is 2.83. The largest absolute Gasteiger partial charge is 0.397 e. The van der Waals surface area contributed by atoms with Gasteiger partial charge in [-0.05, 0) is 25.1 Å². The SMILES string of the molecule is Cc1nc(NCCc2ccn(C)n2)ccc1N.